The van der Waals surface area contributed by atoms with Gasteiger partial charge in [0.15, 0.2) is 0 Å². The summed E-state index contributed by atoms with van der Waals surface area (Å²) < 4.78 is 5.63. The highest BCUT2D eigenvalue weighted by molar-refractivity contribution is 5.40. The molecule has 18 heavy (non-hydrogen) atoms. The molecule has 0 fully saturated rings. The number of nitrogens with zero attached hydrogens (tertiary/aromatic N) is 1. The summed E-state index contributed by atoms with van der Waals surface area (Å²) in [4.78, 5) is 3.99. The minimum atomic E-state index is 0.626. The van der Waals surface area contributed by atoms with Crippen molar-refractivity contribution in [2.45, 2.75) is 19.4 Å². The van der Waals surface area contributed by atoms with E-state index in [0.29, 0.717) is 6.61 Å². The lowest BCUT2D eigenvalue weighted by atomic mass is 10.1. The van der Waals surface area contributed by atoms with E-state index in [4.69, 9.17) is 10.5 Å². The third-order valence-corrected chi connectivity index (χ3v) is 2.72. The van der Waals surface area contributed by atoms with Gasteiger partial charge in [0.1, 0.15) is 0 Å². The van der Waals surface area contributed by atoms with Crippen molar-refractivity contribution in [3.05, 3.63) is 59.9 Å². The summed E-state index contributed by atoms with van der Waals surface area (Å²) in [6, 6.07) is 11.9. The lowest BCUT2D eigenvalue weighted by Crippen LogP contribution is -1.98. The molecular formula is C15H18N2O. The topological polar surface area (TPSA) is 48.1 Å². The van der Waals surface area contributed by atoms with Crippen LogP contribution in [0.15, 0.2) is 48.8 Å². The highest BCUT2D eigenvalue weighted by Crippen LogP contribution is 2.08. The Morgan fingerprint density at radius 3 is 2.67 bits per heavy atom. The maximum Gasteiger partial charge on any atom is 0.0717 e. The summed E-state index contributed by atoms with van der Waals surface area (Å²) in [7, 11) is 0. The SMILES string of the molecule is Nc1cccc(COCCCc2ccncc2)c1. The molecule has 0 saturated carbocycles. The quantitative estimate of drug-likeness (QED) is 0.626. The fraction of sp³-hybridized carbons (Fsp3) is 0.267. The number of anilines is 1. The van der Waals surface area contributed by atoms with E-state index in [1.54, 1.807) is 0 Å². The van der Waals surface area contributed by atoms with Crippen molar-refractivity contribution in [2.24, 2.45) is 0 Å². The molecule has 0 aliphatic rings. The van der Waals surface area contributed by atoms with Crippen LogP contribution in [0.2, 0.25) is 0 Å². The fourth-order valence-electron chi connectivity index (χ4n) is 1.80. The molecule has 3 heteroatoms. The molecule has 0 radical (unpaired) electrons. The van der Waals surface area contributed by atoms with Crippen molar-refractivity contribution < 1.29 is 4.74 Å². The van der Waals surface area contributed by atoms with Gasteiger partial charge in [-0.15, -0.1) is 0 Å². The molecule has 0 aliphatic carbocycles. The number of benzene rings is 1. The minimum Gasteiger partial charge on any atom is -0.399 e. The van der Waals surface area contributed by atoms with Gasteiger partial charge in [-0.1, -0.05) is 12.1 Å². The van der Waals surface area contributed by atoms with E-state index in [1.165, 1.54) is 5.56 Å². The van der Waals surface area contributed by atoms with Crippen LogP contribution in [-0.4, -0.2) is 11.6 Å². The molecule has 94 valence electrons. The number of nitrogen functional groups attached to an aromatic ring is 1. The van der Waals surface area contributed by atoms with Crippen molar-refractivity contribution in [3.63, 3.8) is 0 Å². The van der Waals surface area contributed by atoms with Gasteiger partial charge in [-0.05, 0) is 48.2 Å². The van der Waals surface area contributed by atoms with Crippen molar-refractivity contribution in [3.8, 4) is 0 Å². The number of rotatable bonds is 6. The Bertz CT molecular complexity index is 471. The van der Waals surface area contributed by atoms with Gasteiger partial charge in [0.2, 0.25) is 0 Å². The van der Waals surface area contributed by atoms with Crippen molar-refractivity contribution in [2.75, 3.05) is 12.3 Å². The molecule has 0 saturated heterocycles. The third kappa shape index (κ3) is 4.18. The highest BCUT2D eigenvalue weighted by atomic mass is 16.5. The lowest BCUT2D eigenvalue weighted by molar-refractivity contribution is 0.119. The smallest absolute Gasteiger partial charge is 0.0717 e. The first-order valence-electron chi connectivity index (χ1n) is 6.15. The van der Waals surface area contributed by atoms with Crippen molar-refractivity contribution in [1.82, 2.24) is 4.98 Å². The van der Waals surface area contributed by atoms with E-state index in [-0.39, 0.29) is 0 Å². The van der Waals surface area contributed by atoms with Gasteiger partial charge in [0.25, 0.3) is 0 Å². The van der Waals surface area contributed by atoms with Crippen LogP contribution >= 0.6 is 0 Å². The molecule has 0 aliphatic heterocycles. The van der Waals surface area contributed by atoms with E-state index in [9.17, 15) is 0 Å². The Hall–Kier alpha value is -1.87. The Morgan fingerprint density at radius 1 is 1.06 bits per heavy atom. The molecule has 3 nitrogen and oxygen atoms in total. The summed E-state index contributed by atoms with van der Waals surface area (Å²) in [5.41, 5.74) is 8.92. The van der Waals surface area contributed by atoms with E-state index in [1.807, 2.05) is 48.8 Å². The summed E-state index contributed by atoms with van der Waals surface area (Å²) in [5.74, 6) is 0. The molecule has 2 N–H and O–H groups in total. The predicted molar refractivity (Wildman–Crippen MR) is 73.1 cm³/mol. The number of hydrogen-bond acceptors (Lipinski definition) is 3. The Balaban J connectivity index is 1.65. The molecule has 2 rings (SSSR count). The zero-order chi connectivity index (χ0) is 12.6. The number of aryl methyl sites for hydroxylation is 1. The van der Waals surface area contributed by atoms with Crippen LogP contribution in [-0.2, 0) is 17.8 Å². The second-order valence-corrected chi connectivity index (χ2v) is 4.26. The zero-order valence-electron chi connectivity index (χ0n) is 10.4. The van der Waals surface area contributed by atoms with Gasteiger partial charge in [-0.2, -0.15) is 0 Å². The van der Waals surface area contributed by atoms with Crippen LogP contribution < -0.4 is 5.73 Å². The molecule has 0 unspecified atom stereocenters. The molecule has 0 amide bonds. The van der Waals surface area contributed by atoms with Crippen LogP contribution in [0.25, 0.3) is 0 Å². The van der Waals surface area contributed by atoms with Gasteiger partial charge in [-0.25, -0.2) is 0 Å². The Kier molecular flexibility index (Phi) is 4.73. The minimum absolute atomic E-state index is 0.626. The number of aromatic nitrogens is 1. The first-order chi connectivity index (χ1) is 8.84. The van der Waals surface area contributed by atoms with Crippen LogP contribution in [0.3, 0.4) is 0 Å². The average molecular weight is 242 g/mol. The largest absolute Gasteiger partial charge is 0.399 e. The summed E-state index contributed by atoms with van der Waals surface area (Å²) >= 11 is 0. The van der Waals surface area contributed by atoms with Gasteiger partial charge < -0.3 is 10.5 Å². The second kappa shape index (κ2) is 6.77. The van der Waals surface area contributed by atoms with Gasteiger partial charge in [0.05, 0.1) is 6.61 Å². The highest BCUT2D eigenvalue weighted by Gasteiger charge is 1.95. The zero-order valence-corrected chi connectivity index (χ0v) is 10.4. The van der Waals surface area contributed by atoms with Crippen LogP contribution in [0.1, 0.15) is 17.5 Å². The fourth-order valence-corrected chi connectivity index (χ4v) is 1.80. The molecule has 1 aromatic carbocycles. The number of ether oxygens (including phenoxy) is 1. The van der Waals surface area contributed by atoms with Crippen molar-refractivity contribution >= 4 is 5.69 Å². The standard InChI is InChI=1S/C15H18N2O/c16-15-5-1-3-14(11-15)12-18-10-2-4-13-6-8-17-9-7-13/h1,3,5-9,11H,2,4,10,12,16H2. The summed E-state index contributed by atoms with van der Waals surface area (Å²) in [5, 5.41) is 0. The van der Waals surface area contributed by atoms with Gasteiger partial charge in [0, 0.05) is 24.7 Å². The van der Waals surface area contributed by atoms with Crippen molar-refractivity contribution in [1.29, 1.82) is 0 Å². The number of pyridine rings is 1. The summed E-state index contributed by atoms with van der Waals surface area (Å²) in [6.45, 7) is 1.39. The molecule has 2 aromatic rings. The van der Waals surface area contributed by atoms with Gasteiger partial charge in [-0.3, -0.25) is 4.98 Å². The van der Waals surface area contributed by atoms with E-state index >= 15 is 0 Å². The van der Waals surface area contributed by atoms with E-state index < -0.39 is 0 Å². The monoisotopic (exact) mass is 242 g/mol. The normalized spacial score (nSPS) is 10.4. The van der Waals surface area contributed by atoms with Gasteiger partial charge >= 0.3 is 0 Å². The maximum atomic E-state index is 5.70. The Morgan fingerprint density at radius 2 is 1.89 bits per heavy atom. The number of hydrogen-bond donors (Lipinski definition) is 1. The average Bonchev–Trinajstić information content (AvgIpc) is 2.40. The molecular weight excluding hydrogens is 224 g/mol. The number of nitrogens with two attached hydrogens (primary N) is 1. The molecule has 1 aromatic heterocycles. The van der Waals surface area contributed by atoms with E-state index in [2.05, 4.69) is 4.98 Å². The maximum absolute atomic E-state index is 5.70. The molecule has 0 spiro atoms. The third-order valence-electron chi connectivity index (χ3n) is 2.72. The lowest BCUT2D eigenvalue weighted by Gasteiger charge is -2.05. The second-order valence-electron chi connectivity index (χ2n) is 4.26. The molecule has 0 atom stereocenters. The van der Waals surface area contributed by atoms with E-state index in [0.717, 1.165) is 30.7 Å². The first-order valence-corrected chi connectivity index (χ1v) is 6.15. The molecule has 1 heterocycles. The Labute approximate surface area is 108 Å². The first kappa shape index (κ1) is 12.6. The van der Waals surface area contributed by atoms with Crippen LogP contribution in [0.4, 0.5) is 5.69 Å². The van der Waals surface area contributed by atoms with Crippen LogP contribution in [0, 0.1) is 0 Å². The van der Waals surface area contributed by atoms with Crippen LogP contribution in [0.5, 0.6) is 0 Å². The summed E-state index contributed by atoms with van der Waals surface area (Å²) in [6.07, 6.45) is 5.69. The molecule has 0 bridgehead atoms. The predicted octanol–water partition coefficient (Wildman–Crippen LogP) is 2.81.